The molecule has 1 heterocycles. The highest BCUT2D eigenvalue weighted by Gasteiger charge is 2.42. The predicted octanol–water partition coefficient (Wildman–Crippen LogP) is 3.05. The number of nitrogens with one attached hydrogen (secondary N) is 1. The van der Waals surface area contributed by atoms with Crippen molar-refractivity contribution in [3.63, 3.8) is 0 Å². The third-order valence-corrected chi connectivity index (χ3v) is 5.19. The van der Waals surface area contributed by atoms with E-state index in [2.05, 4.69) is 42.3 Å². The number of anilines is 1. The molecule has 0 spiro atoms. The van der Waals surface area contributed by atoms with Gasteiger partial charge in [0, 0.05) is 31.6 Å². The predicted molar refractivity (Wildman–Crippen MR) is 87.9 cm³/mol. The molecule has 2 fully saturated rings. The summed E-state index contributed by atoms with van der Waals surface area (Å²) in [5.74, 6) is 1.07. The fourth-order valence-corrected chi connectivity index (χ4v) is 3.99. The van der Waals surface area contributed by atoms with Gasteiger partial charge in [0.2, 0.25) is 0 Å². The van der Waals surface area contributed by atoms with Gasteiger partial charge in [0.05, 0.1) is 16.8 Å². The van der Waals surface area contributed by atoms with Crippen LogP contribution in [0.15, 0.2) is 18.2 Å². The Labute approximate surface area is 132 Å². The number of fused-ring (bicyclic) bond motifs is 1. The molecule has 3 atom stereocenters. The van der Waals surface area contributed by atoms with Crippen molar-refractivity contribution in [1.29, 1.82) is 0 Å². The van der Waals surface area contributed by atoms with Gasteiger partial charge in [-0.1, -0.05) is 31.5 Å². The first kappa shape index (κ1) is 15.1. The molecule has 0 radical (unpaired) electrons. The molecule has 3 unspecified atom stereocenters. The van der Waals surface area contributed by atoms with Crippen LogP contribution < -0.4 is 10.2 Å². The second kappa shape index (κ2) is 6.15. The van der Waals surface area contributed by atoms with E-state index in [0.29, 0.717) is 17.9 Å². The van der Waals surface area contributed by atoms with Gasteiger partial charge in [0.25, 0.3) is 0 Å². The van der Waals surface area contributed by atoms with Crippen LogP contribution in [0.1, 0.15) is 32.3 Å². The summed E-state index contributed by atoms with van der Waals surface area (Å²) in [5, 5.41) is 14.3. The van der Waals surface area contributed by atoms with Crippen LogP contribution in [-0.4, -0.2) is 30.3 Å². The first-order chi connectivity index (χ1) is 10.0. The Morgan fingerprint density at radius 3 is 2.81 bits per heavy atom. The molecule has 3 rings (SSSR count). The lowest BCUT2D eigenvalue weighted by molar-refractivity contribution is 0.133. The van der Waals surface area contributed by atoms with E-state index in [-0.39, 0.29) is 6.10 Å². The van der Waals surface area contributed by atoms with E-state index in [1.54, 1.807) is 0 Å². The topological polar surface area (TPSA) is 35.5 Å². The standard InChI is InChI=1S/C17H25ClN2O/c1-11(2)19-8-12-3-5-16(15(18)7-12)20-9-13-4-6-17(21)14(13)10-20/h3,5,7,11,13-14,17,19,21H,4,6,8-10H2,1-2H3. The fraction of sp³-hybridized carbons (Fsp3) is 0.647. The van der Waals surface area contributed by atoms with Crippen molar-refractivity contribution < 1.29 is 5.11 Å². The van der Waals surface area contributed by atoms with Crippen molar-refractivity contribution in [1.82, 2.24) is 5.32 Å². The Kier molecular flexibility index (Phi) is 4.43. The van der Waals surface area contributed by atoms with Crippen molar-refractivity contribution in [2.24, 2.45) is 11.8 Å². The quantitative estimate of drug-likeness (QED) is 0.897. The molecule has 21 heavy (non-hydrogen) atoms. The first-order valence-electron chi connectivity index (χ1n) is 7.99. The van der Waals surface area contributed by atoms with Crippen molar-refractivity contribution in [2.75, 3.05) is 18.0 Å². The third-order valence-electron chi connectivity index (χ3n) is 4.89. The molecule has 1 aromatic carbocycles. The van der Waals surface area contributed by atoms with Gasteiger partial charge in [-0.15, -0.1) is 0 Å². The van der Waals surface area contributed by atoms with Gasteiger partial charge in [0.1, 0.15) is 0 Å². The van der Waals surface area contributed by atoms with Gasteiger partial charge in [-0.3, -0.25) is 0 Å². The number of halogens is 1. The van der Waals surface area contributed by atoms with Gasteiger partial charge in [0.15, 0.2) is 0 Å². The number of hydrogen-bond acceptors (Lipinski definition) is 3. The third kappa shape index (κ3) is 3.20. The number of rotatable bonds is 4. The van der Waals surface area contributed by atoms with Gasteiger partial charge in [-0.05, 0) is 36.5 Å². The molecule has 1 saturated carbocycles. The molecule has 2 N–H and O–H groups in total. The molecule has 0 aromatic heterocycles. The van der Waals surface area contributed by atoms with E-state index in [1.165, 1.54) is 5.56 Å². The lowest BCUT2D eigenvalue weighted by Gasteiger charge is -2.22. The summed E-state index contributed by atoms with van der Waals surface area (Å²) in [5.41, 5.74) is 2.34. The highest BCUT2D eigenvalue weighted by Crippen LogP contribution is 2.41. The molecule has 0 bridgehead atoms. The molecule has 1 aromatic rings. The number of aliphatic hydroxyl groups is 1. The minimum atomic E-state index is -0.117. The van der Waals surface area contributed by atoms with Crippen LogP contribution in [-0.2, 0) is 6.54 Å². The smallest absolute Gasteiger partial charge is 0.0642 e. The molecular weight excluding hydrogens is 284 g/mol. The average molecular weight is 309 g/mol. The fourth-order valence-electron chi connectivity index (χ4n) is 3.67. The zero-order valence-corrected chi connectivity index (χ0v) is 13.6. The Bertz CT molecular complexity index is 506. The normalized spacial score (nSPS) is 28.4. The molecule has 1 saturated heterocycles. The van der Waals surface area contributed by atoms with E-state index in [1.807, 2.05) is 0 Å². The minimum Gasteiger partial charge on any atom is -0.393 e. The molecule has 2 aliphatic rings. The van der Waals surface area contributed by atoms with E-state index in [0.717, 1.165) is 43.2 Å². The largest absolute Gasteiger partial charge is 0.393 e. The van der Waals surface area contributed by atoms with Crippen LogP contribution in [0.5, 0.6) is 0 Å². The summed E-state index contributed by atoms with van der Waals surface area (Å²) in [6.45, 7) is 7.11. The van der Waals surface area contributed by atoms with E-state index < -0.39 is 0 Å². The van der Waals surface area contributed by atoms with E-state index in [4.69, 9.17) is 11.6 Å². The van der Waals surface area contributed by atoms with Gasteiger partial charge < -0.3 is 15.3 Å². The molecule has 116 valence electrons. The van der Waals surface area contributed by atoms with Crippen LogP contribution >= 0.6 is 11.6 Å². The van der Waals surface area contributed by atoms with Crippen molar-refractivity contribution in [3.8, 4) is 0 Å². The van der Waals surface area contributed by atoms with Gasteiger partial charge >= 0.3 is 0 Å². The van der Waals surface area contributed by atoms with Crippen LogP contribution in [0.3, 0.4) is 0 Å². The SMILES string of the molecule is CC(C)NCc1ccc(N2CC3CCC(O)C3C2)c(Cl)c1. The van der Waals surface area contributed by atoms with Crippen LogP contribution in [0.25, 0.3) is 0 Å². The maximum atomic E-state index is 10.0. The first-order valence-corrected chi connectivity index (χ1v) is 8.37. The summed E-state index contributed by atoms with van der Waals surface area (Å²) in [7, 11) is 0. The Morgan fingerprint density at radius 2 is 2.14 bits per heavy atom. The second-order valence-corrected chi connectivity index (χ2v) is 7.20. The monoisotopic (exact) mass is 308 g/mol. The summed E-state index contributed by atoms with van der Waals surface area (Å²) < 4.78 is 0. The number of aliphatic hydroxyl groups excluding tert-OH is 1. The molecular formula is C17H25ClN2O. The molecule has 1 aliphatic carbocycles. The Morgan fingerprint density at radius 1 is 1.33 bits per heavy atom. The lowest BCUT2D eigenvalue weighted by Crippen LogP contribution is -2.25. The van der Waals surface area contributed by atoms with Crippen molar-refractivity contribution >= 4 is 17.3 Å². The van der Waals surface area contributed by atoms with Crippen molar-refractivity contribution in [2.45, 2.75) is 45.4 Å². The van der Waals surface area contributed by atoms with E-state index >= 15 is 0 Å². The Hall–Kier alpha value is -0.770. The Balaban J connectivity index is 1.69. The van der Waals surface area contributed by atoms with Gasteiger partial charge in [-0.25, -0.2) is 0 Å². The highest BCUT2D eigenvalue weighted by atomic mass is 35.5. The van der Waals surface area contributed by atoms with E-state index in [9.17, 15) is 5.11 Å². The number of benzene rings is 1. The summed E-state index contributed by atoms with van der Waals surface area (Å²) >= 11 is 6.49. The lowest BCUT2D eigenvalue weighted by atomic mass is 10.00. The summed E-state index contributed by atoms with van der Waals surface area (Å²) in [4.78, 5) is 2.35. The maximum Gasteiger partial charge on any atom is 0.0642 e. The van der Waals surface area contributed by atoms with Crippen LogP contribution in [0.2, 0.25) is 5.02 Å². The zero-order chi connectivity index (χ0) is 15.0. The summed E-state index contributed by atoms with van der Waals surface area (Å²) in [6, 6.07) is 6.83. The van der Waals surface area contributed by atoms with Crippen LogP contribution in [0.4, 0.5) is 5.69 Å². The molecule has 0 amide bonds. The summed E-state index contributed by atoms with van der Waals surface area (Å²) in [6.07, 6.45) is 2.00. The van der Waals surface area contributed by atoms with Crippen molar-refractivity contribution in [3.05, 3.63) is 28.8 Å². The number of nitrogens with zero attached hydrogens (tertiary/aromatic N) is 1. The minimum absolute atomic E-state index is 0.117. The maximum absolute atomic E-state index is 10.0. The highest BCUT2D eigenvalue weighted by molar-refractivity contribution is 6.33. The van der Waals surface area contributed by atoms with Crippen LogP contribution in [0, 0.1) is 11.8 Å². The molecule has 1 aliphatic heterocycles. The number of hydrogen-bond donors (Lipinski definition) is 2. The zero-order valence-electron chi connectivity index (χ0n) is 12.8. The van der Waals surface area contributed by atoms with Gasteiger partial charge in [-0.2, -0.15) is 0 Å². The molecule has 4 heteroatoms. The average Bonchev–Trinajstić information content (AvgIpc) is 2.99. The second-order valence-electron chi connectivity index (χ2n) is 6.79. The molecule has 3 nitrogen and oxygen atoms in total.